The molecule has 0 aromatic heterocycles. The number of allylic oxidation sites excluding steroid dienone is 1. The molecule has 0 bridgehead atoms. The molecule has 4 rings (SSSR count). The van der Waals surface area contributed by atoms with Crippen molar-refractivity contribution < 1.29 is 14.3 Å². The number of hydrogen-bond acceptors (Lipinski definition) is 3. The molecule has 0 spiro atoms. The van der Waals surface area contributed by atoms with Gasteiger partial charge in [0, 0.05) is 0 Å². The molecule has 4 atom stereocenters. The Hall–Kier alpha value is -1.77. The highest BCUT2D eigenvalue weighted by molar-refractivity contribution is 5.75. The molecule has 3 aliphatic carbocycles. The van der Waals surface area contributed by atoms with Crippen molar-refractivity contribution in [2.75, 3.05) is 6.61 Å². The van der Waals surface area contributed by atoms with Gasteiger partial charge < -0.3 is 9.47 Å². The maximum atomic E-state index is 13.2. The molecule has 206 valence electrons. The van der Waals surface area contributed by atoms with Gasteiger partial charge in [0.2, 0.25) is 0 Å². The quantitative estimate of drug-likeness (QED) is 0.122. The minimum atomic E-state index is -0.00446. The van der Waals surface area contributed by atoms with Crippen molar-refractivity contribution in [3.63, 3.8) is 0 Å². The zero-order valence-corrected chi connectivity index (χ0v) is 23.7. The largest absolute Gasteiger partial charge is 0.490 e. The molecule has 1 aromatic carbocycles. The van der Waals surface area contributed by atoms with Gasteiger partial charge in [0.15, 0.2) is 0 Å². The minimum Gasteiger partial charge on any atom is -0.490 e. The number of rotatable bonds is 12. The number of carbonyl (C=O) groups excluding carboxylic acids is 1. The Bertz CT molecular complexity index is 820. The van der Waals surface area contributed by atoms with Gasteiger partial charge in [-0.25, -0.2) is 0 Å². The van der Waals surface area contributed by atoms with Gasteiger partial charge >= 0.3 is 5.97 Å². The lowest BCUT2D eigenvalue weighted by Crippen LogP contribution is -2.40. The van der Waals surface area contributed by atoms with E-state index in [0.717, 1.165) is 35.8 Å². The molecule has 0 heterocycles. The molecule has 0 amide bonds. The molecule has 0 N–H and O–H groups in total. The number of carbonyl (C=O) groups is 1. The summed E-state index contributed by atoms with van der Waals surface area (Å²) in [6, 6.07) is 7.51. The molecule has 3 aliphatic rings. The summed E-state index contributed by atoms with van der Waals surface area (Å²) < 4.78 is 11.5. The van der Waals surface area contributed by atoms with Gasteiger partial charge in [0.25, 0.3) is 0 Å². The van der Waals surface area contributed by atoms with Crippen LogP contribution in [0.25, 0.3) is 0 Å². The summed E-state index contributed by atoms with van der Waals surface area (Å²) in [4.78, 5) is 13.2. The lowest BCUT2D eigenvalue weighted by atomic mass is 9.59. The summed E-state index contributed by atoms with van der Waals surface area (Å²) in [6.07, 6.45) is 25.8. The number of benzene rings is 1. The van der Waals surface area contributed by atoms with Crippen LogP contribution >= 0.6 is 0 Å². The average molecular weight is 509 g/mol. The first-order valence-electron chi connectivity index (χ1n) is 15.7. The summed E-state index contributed by atoms with van der Waals surface area (Å²) >= 11 is 0. The Labute approximate surface area is 226 Å². The molecule has 3 nitrogen and oxygen atoms in total. The fraction of sp³-hybridized carbons (Fsp3) is 0.735. The van der Waals surface area contributed by atoms with E-state index in [-0.39, 0.29) is 11.9 Å². The third-order valence-electron chi connectivity index (χ3n) is 9.89. The smallest absolute Gasteiger partial charge is 0.314 e. The highest BCUT2D eigenvalue weighted by Gasteiger charge is 2.43. The molecule has 3 heteroatoms. The predicted octanol–water partition coefficient (Wildman–Crippen LogP) is 9.55. The SMILES string of the molecule is C/C=C/COc1ccc(OC(=O)C2CCCC3CC(C4CCC(CCCCCCC)CC4)CCC32)cc1. The van der Waals surface area contributed by atoms with Crippen LogP contribution in [0.2, 0.25) is 0 Å². The van der Waals surface area contributed by atoms with Crippen molar-refractivity contribution >= 4 is 5.97 Å². The summed E-state index contributed by atoms with van der Waals surface area (Å²) in [5.74, 6) is 5.61. The second kappa shape index (κ2) is 15.0. The summed E-state index contributed by atoms with van der Waals surface area (Å²) in [7, 11) is 0. The Morgan fingerprint density at radius 2 is 1.57 bits per heavy atom. The lowest BCUT2D eigenvalue weighted by Gasteiger charge is -2.46. The molecule has 37 heavy (non-hydrogen) atoms. The van der Waals surface area contributed by atoms with Crippen molar-refractivity contribution in [1.29, 1.82) is 0 Å². The van der Waals surface area contributed by atoms with Gasteiger partial charge in [-0.2, -0.15) is 0 Å². The second-order valence-corrected chi connectivity index (χ2v) is 12.3. The van der Waals surface area contributed by atoms with Crippen molar-refractivity contribution in [2.24, 2.45) is 35.5 Å². The maximum absolute atomic E-state index is 13.2. The summed E-state index contributed by atoms with van der Waals surface area (Å²) in [5, 5.41) is 0. The first-order valence-corrected chi connectivity index (χ1v) is 15.7. The van der Waals surface area contributed by atoms with Crippen LogP contribution < -0.4 is 9.47 Å². The van der Waals surface area contributed by atoms with Crippen LogP contribution in [0.15, 0.2) is 36.4 Å². The van der Waals surface area contributed by atoms with E-state index in [1.54, 1.807) is 0 Å². The maximum Gasteiger partial charge on any atom is 0.314 e. The molecule has 0 aliphatic heterocycles. The van der Waals surface area contributed by atoms with E-state index in [0.29, 0.717) is 18.3 Å². The van der Waals surface area contributed by atoms with Gasteiger partial charge in [-0.05, 0) is 99.3 Å². The van der Waals surface area contributed by atoms with Gasteiger partial charge in [0.1, 0.15) is 18.1 Å². The zero-order chi connectivity index (χ0) is 25.9. The molecule has 0 saturated heterocycles. The number of ether oxygens (including phenoxy) is 2. The molecular formula is C34H52O3. The van der Waals surface area contributed by atoms with E-state index in [1.165, 1.54) is 96.3 Å². The lowest BCUT2D eigenvalue weighted by molar-refractivity contribution is -0.144. The fourth-order valence-electron chi connectivity index (χ4n) is 7.74. The number of fused-ring (bicyclic) bond motifs is 1. The van der Waals surface area contributed by atoms with Crippen LogP contribution in [0.1, 0.15) is 117 Å². The van der Waals surface area contributed by atoms with Gasteiger partial charge in [0.05, 0.1) is 5.92 Å². The zero-order valence-electron chi connectivity index (χ0n) is 23.7. The van der Waals surface area contributed by atoms with Crippen molar-refractivity contribution in [1.82, 2.24) is 0 Å². The summed E-state index contributed by atoms with van der Waals surface area (Å²) in [6.45, 7) is 4.84. The van der Waals surface area contributed by atoms with E-state index >= 15 is 0 Å². The van der Waals surface area contributed by atoms with E-state index < -0.39 is 0 Å². The van der Waals surface area contributed by atoms with E-state index in [1.807, 2.05) is 43.3 Å². The molecular weight excluding hydrogens is 456 g/mol. The van der Waals surface area contributed by atoms with Gasteiger partial charge in [-0.1, -0.05) is 83.3 Å². The molecule has 3 saturated carbocycles. The van der Waals surface area contributed by atoms with E-state index in [4.69, 9.17) is 9.47 Å². The van der Waals surface area contributed by atoms with E-state index in [2.05, 4.69) is 6.92 Å². The summed E-state index contributed by atoms with van der Waals surface area (Å²) in [5.41, 5.74) is 0. The topological polar surface area (TPSA) is 35.5 Å². The van der Waals surface area contributed by atoms with Crippen LogP contribution in [-0.4, -0.2) is 12.6 Å². The van der Waals surface area contributed by atoms with Gasteiger partial charge in [-0.15, -0.1) is 0 Å². The monoisotopic (exact) mass is 508 g/mol. The first-order chi connectivity index (χ1) is 18.2. The number of esters is 1. The highest BCUT2D eigenvalue weighted by Crippen LogP contribution is 2.50. The Kier molecular flexibility index (Phi) is 11.4. The molecule has 1 aromatic rings. The third kappa shape index (κ3) is 8.36. The first kappa shape index (κ1) is 28.2. The van der Waals surface area contributed by atoms with Crippen LogP contribution in [0, 0.1) is 35.5 Å². The number of unbranched alkanes of at least 4 members (excludes halogenated alkanes) is 4. The average Bonchev–Trinajstić information content (AvgIpc) is 2.93. The van der Waals surface area contributed by atoms with Crippen LogP contribution in [0.5, 0.6) is 11.5 Å². The second-order valence-electron chi connectivity index (χ2n) is 12.3. The molecule has 4 unspecified atom stereocenters. The highest BCUT2D eigenvalue weighted by atomic mass is 16.5. The normalized spacial score (nSPS) is 30.1. The van der Waals surface area contributed by atoms with Crippen LogP contribution in [0.4, 0.5) is 0 Å². The van der Waals surface area contributed by atoms with Crippen molar-refractivity contribution in [3.8, 4) is 11.5 Å². The Morgan fingerprint density at radius 1 is 0.838 bits per heavy atom. The van der Waals surface area contributed by atoms with Crippen LogP contribution in [-0.2, 0) is 4.79 Å². The minimum absolute atomic E-state index is 0.00446. The van der Waals surface area contributed by atoms with E-state index in [9.17, 15) is 4.79 Å². The molecule has 0 radical (unpaired) electrons. The predicted molar refractivity (Wildman–Crippen MR) is 153 cm³/mol. The van der Waals surface area contributed by atoms with Gasteiger partial charge in [-0.3, -0.25) is 4.79 Å². The van der Waals surface area contributed by atoms with Crippen LogP contribution in [0.3, 0.4) is 0 Å². The Balaban J connectivity index is 1.21. The number of hydrogen-bond donors (Lipinski definition) is 0. The standard InChI is InChI=1S/C34H52O3/c1-3-5-7-8-9-11-26-14-16-27(17-15-26)28-18-23-32-29(25-28)12-10-13-33(32)34(35)37-31-21-19-30(20-22-31)36-24-6-4-2/h4,6,19-22,26-29,32-33H,3,5,7-18,23-25H2,1-2H3/b6-4+. The van der Waals surface area contributed by atoms with Crippen molar-refractivity contribution in [2.45, 2.75) is 117 Å². The Morgan fingerprint density at radius 3 is 2.32 bits per heavy atom. The fourth-order valence-corrected chi connectivity index (χ4v) is 7.74. The molecule has 3 fully saturated rings. The van der Waals surface area contributed by atoms with Crippen molar-refractivity contribution in [3.05, 3.63) is 36.4 Å². The third-order valence-corrected chi connectivity index (χ3v) is 9.89.